The average molecular weight is 364 g/mol. The number of nitrogens with two attached hydrogens (primary N) is 1. The number of primary amides is 1. The highest BCUT2D eigenvalue weighted by molar-refractivity contribution is 5.76. The molecular weight excluding hydrogens is 344 g/mol. The second-order valence-corrected chi connectivity index (χ2v) is 6.08. The first-order chi connectivity index (χ1) is 13.0. The highest BCUT2D eigenvalue weighted by Gasteiger charge is 2.19. The molecule has 0 spiro atoms. The van der Waals surface area contributed by atoms with Crippen molar-refractivity contribution in [1.82, 2.24) is 15.3 Å². The lowest BCUT2D eigenvalue weighted by molar-refractivity contribution is -0.145. The predicted molar refractivity (Wildman–Crippen MR) is 101 cm³/mol. The van der Waals surface area contributed by atoms with Crippen molar-refractivity contribution in [3.63, 3.8) is 0 Å². The molecule has 138 valence electrons. The SMILES string of the molecule is Cc1nc2ccccc2nc1COC(=O)CC(NC(N)=O)c1ccccc1. The van der Waals surface area contributed by atoms with Gasteiger partial charge in [0.15, 0.2) is 0 Å². The summed E-state index contributed by atoms with van der Waals surface area (Å²) in [5.74, 6) is -0.466. The summed E-state index contributed by atoms with van der Waals surface area (Å²) in [5.41, 5.74) is 8.83. The van der Waals surface area contributed by atoms with E-state index in [1.165, 1.54) is 0 Å². The van der Waals surface area contributed by atoms with Crippen LogP contribution in [0.1, 0.15) is 29.4 Å². The van der Waals surface area contributed by atoms with Crippen LogP contribution in [-0.4, -0.2) is 22.0 Å². The number of rotatable bonds is 6. The van der Waals surface area contributed by atoms with E-state index in [1.807, 2.05) is 61.5 Å². The summed E-state index contributed by atoms with van der Waals surface area (Å²) in [4.78, 5) is 32.5. The molecule has 0 aliphatic rings. The summed E-state index contributed by atoms with van der Waals surface area (Å²) >= 11 is 0. The van der Waals surface area contributed by atoms with E-state index in [9.17, 15) is 9.59 Å². The van der Waals surface area contributed by atoms with Gasteiger partial charge in [-0.3, -0.25) is 4.79 Å². The third-order valence-electron chi connectivity index (χ3n) is 4.10. The normalized spacial score (nSPS) is 11.7. The van der Waals surface area contributed by atoms with E-state index in [4.69, 9.17) is 10.5 Å². The van der Waals surface area contributed by atoms with Gasteiger partial charge < -0.3 is 15.8 Å². The third kappa shape index (κ3) is 4.78. The lowest BCUT2D eigenvalue weighted by Crippen LogP contribution is -2.34. The van der Waals surface area contributed by atoms with Crippen molar-refractivity contribution in [2.24, 2.45) is 5.73 Å². The second kappa shape index (κ2) is 8.27. The zero-order valence-electron chi connectivity index (χ0n) is 14.9. The van der Waals surface area contributed by atoms with Crippen molar-refractivity contribution in [3.8, 4) is 0 Å². The van der Waals surface area contributed by atoms with Gasteiger partial charge in [0.25, 0.3) is 0 Å². The van der Waals surface area contributed by atoms with E-state index >= 15 is 0 Å². The maximum atomic E-state index is 12.3. The number of para-hydroxylation sites is 2. The van der Waals surface area contributed by atoms with Crippen LogP contribution in [0, 0.1) is 6.92 Å². The first-order valence-electron chi connectivity index (χ1n) is 8.51. The minimum atomic E-state index is -0.701. The Morgan fingerprint density at radius 1 is 1.04 bits per heavy atom. The van der Waals surface area contributed by atoms with Crippen LogP contribution < -0.4 is 11.1 Å². The van der Waals surface area contributed by atoms with Gasteiger partial charge in [0.2, 0.25) is 0 Å². The van der Waals surface area contributed by atoms with E-state index in [-0.39, 0.29) is 13.0 Å². The maximum absolute atomic E-state index is 12.3. The van der Waals surface area contributed by atoms with Crippen LogP contribution in [-0.2, 0) is 16.1 Å². The van der Waals surface area contributed by atoms with Crippen LogP contribution in [0.2, 0.25) is 0 Å². The minimum absolute atomic E-state index is 0.0145. The number of ether oxygens (including phenoxy) is 1. The number of carbonyl (C=O) groups is 2. The third-order valence-corrected chi connectivity index (χ3v) is 4.10. The van der Waals surface area contributed by atoms with E-state index in [2.05, 4.69) is 15.3 Å². The Balaban J connectivity index is 1.67. The average Bonchev–Trinajstić information content (AvgIpc) is 2.66. The van der Waals surface area contributed by atoms with Crippen LogP contribution in [0.4, 0.5) is 4.79 Å². The quantitative estimate of drug-likeness (QED) is 0.654. The summed E-state index contributed by atoms with van der Waals surface area (Å²) < 4.78 is 5.36. The van der Waals surface area contributed by atoms with Crippen molar-refractivity contribution >= 4 is 23.0 Å². The number of carbonyl (C=O) groups excluding carboxylic acids is 2. The maximum Gasteiger partial charge on any atom is 0.312 e. The number of aromatic nitrogens is 2. The van der Waals surface area contributed by atoms with Crippen LogP contribution in [0.25, 0.3) is 11.0 Å². The molecular formula is C20H20N4O3. The predicted octanol–water partition coefficient (Wildman–Crippen LogP) is 2.78. The Morgan fingerprint density at radius 3 is 2.33 bits per heavy atom. The molecule has 0 saturated heterocycles. The molecule has 3 N–H and O–H groups in total. The fourth-order valence-electron chi connectivity index (χ4n) is 2.75. The summed E-state index contributed by atoms with van der Waals surface area (Å²) in [6.45, 7) is 1.84. The molecule has 27 heavy (non-hydrogen) atoms. The lowest BCUT2D eigenvalue weighted by Gasteiger charge is -2.17. The molecule has 7 heteroatoms. The Hall–Kier alpha value is -3.48. The highest BCUT2D eigenvalue weighted by atomic mass is 16.5. The number of esters is 1. The molecule has 2 aromatic carbocycles. The second-order valence-electron chi connectivity index (χ2n) is 6.08. The van der Waals surface area contributed by atoms with Crippen molar-refractivity contribution in [3.05, 3.63) is 71.5 Å². The van der Waals surface area contributed by atoms with E-state index in [0.29, 0.717) is 11.4 Å². The molecule has 1 atom stereocenters. The van der Waals surface area contributed by atoms with Crippen molar-refractivity contribution in [1.29, 1.82) is 0 Å². The summed E-state index contributed by atoms with van der Waals surface area (Å²) in [6, 6.07) is 15.4. The molecule has 0 aliphatic carbocycles. The standard InChI is InChI=1S/C20H20N4O3/c1-13-18(23-16-10-6-5-9-15(16)22-13)12-27-19(25)11-17(24-20(21)26)14-7-3-2-4-8-14/h2-10,17H,11-12H2,1H3,(H3,21,24,26). The van der Waals surface area contributed by atoms with Crippen molar-refractivity contribution < 1.29 is 14.3 Å². The molecule has 1 unspecified atom stereocenters. The first kappa shape index (κ1) is 18.3. The number of aryl methyl sites for hydroxylation is 1. The van der Waals surface area contributed by atoms with Crippen molar-refractivity contribution in [2.45, 2.75) is 26.0 Å². The van der Waals surface area contributed by atoms with Gasteiger partial charge in [0.1, 0.15) is 6.61 Å². The fourth-order valence-corrected chi connectivity index (χ4v) is 2.75. The zero-order valence-corrected chi connectivity index (χ0v) is 14.9. The van der Waals surface area contributed by atoms with Crippen molar-refractivity contribution in [2.75, 3.05) is 0 Å². The molecule has 1 aromatic heterocycles. The summed E-state index contributed by atoms with van der Waals surface area (Å²) in [5, 5.41) is 2.57. The lowest BCUT2D eigenvalue weighted by atomic mass is 10.0. The van der Waals surface area contributed by atoms with Crippen LogP contribution in [0.15, 0.2) is 54.6 Å². The smallest absolute Gasteiger partial charge is 0.312 e. The number of nitrogens with one attached hydrogen (secondary N) is 1. The summed E-state index contributed by atoms with van der Waals surface area (Å²) in [7, 11) is 0. The molecule has 3 rings (SSSR count). The minimum Gasteiger partial charge on any atom is -0.459 e. The highest BCUT2D eigenvalue weighted by Crippen LogP contribution is 2.18. The van der Waals surface area contributed by atoms with Gasteiger partial charge in [-0.2, -0.15) is 0 Å². The van der Waals surface area contributed by atoms with Gasteiger partial charge in [-0.15, -0.1) is 0 Å². The number of benzene rings is 2. The largest absolute Gasteiger partial charge is 0.459 e. The molecule has 2 amide bonds. The van der Waals surface area contributed by atoms with Gasteiger partial charge in [0.05, 0.1) is 34.9 Å². The molecule has 0 fully saturated rings. The van der Waals surface area contributed by atoms with Crippen LogP contribution in [0.5, 0.6) is 0 Å². The zero-order chi connectivity index (χ0) is 19.2. The van der Waals surface area contributed by atoms with E-state index < -0.39 is 18.0 Å². The molecule has 0 aliphatic heterocycles. The Morgan fingerprint density at radius 2 is 1.67 bits per heavy atom. The molecule has 0 bridgehead atoms. The van der Waals surface area contributed by atoms with E-state index in [1.54, 1.807) is 0 Å². The van der Waals surface area contributed by atoms with Gasteiger partial charge in [-0.05, 0) is 24.6 Å². The van der Waals surface area contributed by atoms with Crippen LogP contribution >= 0.6 is 0 Å². The molecule has 7 nitrogen and oxygen atoms in total. The number of hydrogen-bond donors (Lipinski definition) is 2. The topological polar surface area (TPSA) is 107 Å². The van der Waals surface area contributed by atoms with Gasteiger partial charge in [-0.25, -0.2) is 14.8 Å². The summed E-state index contributed by atoms with van der Waals surface area (Å²) in [6.07, 6.45) is -0.0347. The number of hydrogen-bond acceptors (Lipinski definition) is 5. The fraction of sp³-hybridized carbons (Fsp3) is 0.200. The Labute approximate surface area is 156 Å². The molecule has 0 radical (unpaired) electrons. The molecule has 3 aromatic rings. The number of urea groups is 1. The number of nitrogens with zero attached hydrogens (tertiary/aromatic N) is 2. The Kier molecular flexibility index (Phi) is 5.61. The van der Waals surface area contributed by atoms with Gasteiger partial charge in [-0.1, -0.05) is 42.5 Å². The van der Waals surface area contributed by atoms with Crippen LogP contribution in [0.3, 0.4) is 0 Å². The Bertz CT molecular complexity index is 960. The van der Waals surface area contributed by atoms with Gasteiger partial charge >= 0.3 is 12.0 Å². The number of amides is 2. The molecule has 0 saturated carbocycles. The van der Waals surface area contributed by atoms with E-state index in [0.717, 1.165) is 16.6 Å². The molecule has 1 heterocycles. The first-order valence-corrected chi connectivity index (χ1v) is 8.51. The monoisotopic (exact) mass is 364 g/mol. The van der Waals surface area contributed by atoms with Gasteiger partial charge in [0, 0.05) is 0 Å². The number of fused-ring (bicyclic) bond motifs is 1.